The number of aromatic nitrogens is 3. The fraction of sp³-hybridized carbons (Fsp3) is 0.412. The van der Waals surface area contributed by atoms with Crippen LogP contribution in [0.25, 0.3) is 11.3 Å². The maximum Gasteiger partial charge on any atom is 0.226 e. The Morgan fingerprint density at radius 3 is 2.83 bits per heavy atom. The zero-order valence-electron chi connectivity index (χ0n) is 13.7. The third-order valence-corrected chi connectivity index (χ3v) is 4.11. The molecule has 0 aliphatic carbocycles. The Kier molecular flexibility index (Phi) is 4.23. The van der Waals surface area contributed by atoms with Gasteiger partial charge in [0.15, 0.2) is 0 Å². The minimum absolute atomic E-state index is 0.0779. The summed E-state index contributed by atoms with van der Waals surface area (Å²) in [5, 5.41) is 2.91. The molecule has 1 saturated heterocycles. The predicted octanol–water partition coefficient (Wildman–Crippen LogP) is 1.87. The van der Waals surface area contributed by atoms with Crippen LogP contribution in [0.3, 0.4) is 0 Å². The fourth-order valence-electron chi connectivity index (χ4n) is 2.79. The first-order chi connectivity index (χ1) is 11.0. The molecule has 2 aromatic heterocycles. The number of carbonyl (C=O) groups is 1. The molecule has 3 rings (SSSR count). The van der Waals surface area contributed by atoms with Gasteiger partial charge in [0.1, 0.15) is 0 Å². The SMILES string of the molecule is Cc1ccc(-c2ccnc(N3CCC(=O)NCC3C)n2)c(C)n1. The lowest BCUT2D eigenvalue weighted by atomic mass is 10.1. The smallest absolute Gasteiger partial charge is 0.226 e. The number of pyridine rings is 1. The van der Waals surface area contributed by atoms with Gasteiger partial charge in [0.25, 0.3) is 0 Å². The van der Waals surface area contributed by atoms with Crippen molar-refractivity contribution in [3.05, 3.63) is 35.8 Å². The highest BCUT2D eigenvalue weighted by Crippen LogP contribution is 2.23. The molecule has 0 aromatic carbocycles. The Morgan fingerprint density at radius 1 is 1.22 bits per heavy atom. The summed E-state index contributed by atoms with van der Waals surface area (Å²) < 4.78 is 0. The van der Waals surface area contributed by atoms with Crippen molar-refractivity contribution in [3.8, 4) is 11.3 Å². The van der Waals surface area contributed by atoms with Crippen LogP contribution in [0, 0.1) is 13.8 Å². The molecule has 3 heterocycles. The minimum atomic E-state index is 0.0779. The summed E-state index contributed by atoms with van der Waals surface area (Å²) in [6.45, 7) is 7.27. The molecule has 1 N–H and O–H groups in total. The number of hydrogen-bond acceptors (Lipinski definition) is 5. The van der Waals surface area contributed by atoms with E-state index in [0.29, 0.717) is 25.5 Å². The van der Waals surface area contributed by atoms with Gasteiger partial charge in [-0.15, -0.1) is 0 Å². The summed E-state index contributed by atoms with van der Waals surface area (Å²) in [7, 11) is 0. The lowest BCUT2D eigenvalue weighted by molar-refractivity contribution is -0.120. The largest absolute Gasteiger partial charge is 0.354 e. The van der Waals surface area contributed by atoms with Crippen LogP contribution in [-0.2, 0) is 4.79 Å². The Labute approximate surface area is 136 Å². The van der Waals surface area contributed by atoms with E-state index in [9.17, 15) is 4.79 Å². The first-order valence-electron chi connectivity index (χ1n) is 7.85. The standard InChI is InChI=1S/C17H21N5O/c1-11-4-5-14(13(3)20-11)15-6-8-18-17(21-15)22-9-7-16(23)19-10-12(22)2/h4-6,8,12H,7,9-10H2,1-3H3,(H,19,23). The minimum Gasteiger partial charge on any atom is -0.354 e. The molecule has 6 heteroatoms. The third kappa shape index (κ3) is 3.31. The molecule has 0 radical (unpaired) electrons. The van der Waals surface area contributed by atoms with Crippen LogP contribution in [0.15, 0.2) is 24.4 Å². The van der Waals surface area contributed by atoms with Gasteiger partial charge in [-0.05, 0) is 39.0 Å². The zero-order valence-corrected chi connectivity index (χ0v) is 13.7. The number of nitrogens with zero attached hydrogens (tertiary/aromatic N) is 4. The second-order valence-corrected chi connectivity index (χ2v) is 5.92. The molecule has 1 unspecified atom stereocenters. The summed E-state index contributed by atoms with van der Waals surface area (Å²) in [6.07, 6.45) is 2.23. The average molecular weight is 311 g/mol. The van der Waals surface area contributed by atoms with Crippen molar-refractivity contribution >= 4 is 11.9 Å². The van der Waals surface area contributed by atoms with Gasteiger partial charge >= 0.3 is 0 Å². The van der Waals surface area contributed by atoms with Crippen LogP contribution in [0.5, 0.6) is 0 Å². The fourth-order valence-corrected chi connectivity index (χ4v) is 2.79. The summed E-state index contributed by atoms with van der Waals surface area (Å²) in [6, 6.07) is 6.09. The van der Waals surface area contributed by atoms with Crippen LogP contribution in [0.4, 0.5) is 5.95 Å². The number of hydrogen-bond donors (Lipinski definition) is 1. The summed E-state index contributed by atoms with van der Waals surface area (Å²) in [5.74, 6) is 0.737. The van der Waals surface area contributed by atoms with Crippen molar-refractivity contribution in [1.82, 2.24) is 20.3 Å². The van der Waals surface area contributed by atoms with Crippen molar-refractivity contribution in [3.63, 3.8) is 0 Å². The van der Waals surface area contributed by atoms with E-state index in [1.165, 1.54) is 0 Å². The Morgan fingerprint density at radius 2 is 2.04 bits per heavy atom. The van der Waals surface area contributed by atoms with Gasteiger partial charge in [0, 0.05) is 48.7 Å². The molecule has 1 fully saturated rings. The van der Waals surface area contributed by atoms with Crippen molar-refractivity contribution in [1.29, 1.82) is 0 Å². The maximum atomic E-state index is 11.6. The molecule has 6 nitrogen and oxygen atoms in total. The van der Waals surface area contributed by atoms with Gasteiger partial charge in [-0.1, -0.05) is 0 Å². The number of carbonyl (C=O) groups excluding carboxylic acids is 1. The van der Waals surface area contributed by atoms with Gasteiger partial charge < -0.3 is 10.2 Å². The van der Waals surface area contributed by atoms with Crippen molar-refractivity contribution in [2.24, 2.45) is 0 Å². The molecule has 0 spiro atoms. The van der Waals surface area contributed by atoms with E-state index in [4.69, 9.17) is 4.98 Å². The molecular weight excluding hydrogens is 290 g/mol. The Hall–Kier alpha value is -2.50. The average Bonchev–Trinajstić information content (AvgIpc) is 2.69. The predicted molar refractivity (Wildman–Crippen MR) is 89.2 cm³/mol. The lowest BCUT2D eigenvalue weighted by Gasteiger charge is -2.26. The first-order valence-corrected chi connectivity index (χ1v) is 7.85. The quantitative estimate of drug-likeness (QED) is 0.917. The molecule has 1 aliphatic heterocycles. The number of nitrogens with one attached hydrogen (secondary N) is 1. The second-order valence-electron chi connectivity index (χ2n) is 5.92. The van der Waals surface area contributed by atoms with E-state index in [0.717, 1.165) is 22.6 Å². The summed E-state index contributed by atoms with van der Waals surface area (Å²) in [5.41, 5.74) is 3.81. The van der Waals surface area contributed by atoms with Crippen LogP contribution in [-0.4, -0.2) is 40.0 Å². The van der Waals surface area contributed by atoms with Crippen molar-refractivity contribution in [2.45, 2.75) is 33.2 Å². The molecule has 2 aromatic rings. The maximum absolute atomic E-state index is 11.6. The summed E-state index contributed by atoms with van der Waals surface area (Å²) in [4.78, 5) is 27.3. The van der Waals surface area contributed by atoms with Gasteiger partial charge in [0.2, 0.25) is 11.9 Å². The van der Waals surface area contributed by atoms with E-state index in [1.54, 1.807) is 6.20 Å². The van der Waals surface area contributed by atoms with E-state index in [1.807, 2.05) is 32.0 Å². The van der Waals surface area contributed by atoms with Crippen LogP contribution < -0.4 is 10.2 Å². The van der Waals surface area contributed by atoms with Gasteiger partial charge in [-0.25, -0.2) is 9.97 Å². The number of aryl methyl sites for hydroxylation is 2. The molecule has 120 valence electrons. The molecular formula is C17H21N5O. The number of amides is 1. The van der Waals surface area contributed by atoms with Crippen LogP contribution in [0.2, 0.25) is 0 Å². The van der Waals surface area contributed by atoms with E-state index in [-0.39, 0.29) is 11.9 Å². The third-order valence-electron chi connectivity index (χ3n) is 4.11. The van der Waals surface area contributed by atoms with Gasteiger partial charge in [-0.2, -0.15) is 0 Å². The van der Waals surface area contributed by atoms with E-state index < -0.39 is 0 Å². The molecule has 1 atom stereocenters. The molecule has 1 amide bonds. The van der Waals surface area contributed by atoms with Crippen LogP contribution >= 0.6 is 0 Å². The van der Waals surface area contributed by atoms with Crippen LogP contribution in [0.1, 0.15) is 24.7 Å². The van der Waals surface area contributed by atoms with Gasteiger partial charge in [0.05, 0.1) is 5.69 Å². The molecule has 23 heavy (non-hydrogen) atoms. The lowest BCUT2D eigenvalue weighted by Crippen LogP contribution is -2.38. The Balaban J connectivity index is 1.94. The van der Waals surface area contributed by atoms with Crippen molar-refractivity contribution < 1.29 is 4.79 Å². The Bertz CT molecular complexity index is 731. The van der Waals surface area contributed by atoms with Crippen molar-refractivity contribution in [2.75, 3.05) is 18.0 Å². The highest BCUT2D eigenvalue weighted by atomic mass is 16.1. The second kappa shape index (κ2) is 6.32. The molecule has 0 bridgehead atoms. The highest BCUT2D eigenvalue weighted by Gasteiger charge is 2.22. The van der Waals surface area contributed by atoms with E-state index in [2.05, 4.69) is 27.1 Å². The number of rotatable bonds is 2. The zero-order chi connectivity index (χ0) is 16.4. The van der Waals surface area contributed by atoms with E-state index >= 15 is 0 Å². The molecule has 1 aliphatic rings. The van der Waals surface area contributed by atoms with Gasteiger partial charge in [-0.3, -0.25) is 9.78 Å². The topological polar surface area (TPSA) is 71.0 Å². The highest BCUT2D eigenvalue weighted by molar-refractivity contribution is 5.77. The monoisotopic (exact) mass is 311 g/mol. The summed E-state index contributed by atoms with van der Waals surface area (Å²) >= 11 is 0. The molecule has 0 saturated carbocycles. The normalized spacial score (nSPS) is 18.5. The number of anilines is 1. The first kappa shape index (κ1) is 15.4.